The van der Waals surface area contributed by atoms with E-state index in [1.807, 2.05) is 30.3 Å². The summed E-state index contributed by atoms with van der Waals surface area (Å²) in [5.41, 5.74) is 7.52. The van der Waals surface area contributed by atoms with Gasteiger partial charge in [-0.25, -0.2) is 0 Å². The minimum absolute atomic E-state index is 0.678. The summed E-state index contributed by atoms with van der Waals surface area (Å²) in [6.45, 7) is 0. The molecule has 0 bridgehead atoms. The Hall–Kier alpha value is -0.840. The van der Waals surface area contributed by atoms with E-state index in [4.69, 9.17) is 22.1 Å². The zero-order valence-corrected chi connectivity index (χ0v) is 13.5. The van der Waals surface area contributed by atoms with Gasteiger partial charge in [0.25, 0.3) is 0 Å². The Morgan fingerprint density at radius 1 is 1.26 bits per heavy atom. The molecule has 2 rings (SSSR count). The van der Waals surface area contributed by atoms with E-state index in [1.54, 1.807) is 24.9 Å². The van der Waals surface area contributed by atoms with E-state index in [1.165, 1.54) is 0 Å². The summed E-state index contributed by atoms with van der Waals surface area (Å²) in [5.74, 6) is 1.66. The van der Waals surface area contributed by atoms with Gasteiger partial charge in [0.15, 0.2) is 0 Å². The van der Waals surface area contributed by atoms with Crippen LogP contribution in [0.1, 0.15) is 5.56 Å². The van der Waals surface area contributed by atoms with Gasteiger partial charge in [-0.2, -0.15) is 0 Å². The number of benzene rings is 2. The number of nitrogen functional groups attached to an aromatic ring is 1. The predicted octanol–water partition coefficient (Wildman–Crippen LogP) is 4.99. The normalized spacial score (nSPS) is 10.5. The van der Waals surface area contributed by atoms with Gasteiger partial charge in [0, 0.05) is 20.8 Å². The van der Waals surface area contributed by atoms with Crippen molar-refractivity contribution in [1.29, 1.82) is 0 Å². The summed E-state index contributed by atoms with van der Waals surface area (Å²) in [6.07, 6.45) is 0. The van der Waals surface area contributed by atoms with Crippen molar-refractivity contribution in [3.05, 3.63) is 51.5 Å². The number of methoxy groups -OCH3 is 1. The maximum Gasteiger partial charge on any atom is 0.119 e. The summed E-state index contributed by atoms with van der Waals surface area (Å²) < 4.78 is 6.29. The summed E-state index contributed by atoms with van der Waals surface area (Å²) >= 11 is 11.4. The van der Waals surface area contributed by atoms with Crippen molar-refractivity contribution in [2.24, 2.45) is 0 Å². The van der Waals surface area contributed by atoms with Crippen LogP contribution < -0.4 is 10.5 Å². The first kappa shape index (κ1) is 14.6. The molecule has 0 unspecified atom stereocenters. The lowest BCUT2D eigenvalue weighted by molar-refractivity contribution is 0.414. The van der Waals surface area contributed by atoms with E-state index in [0.29, 0.717) is 10.7 Å². The fraction of sp³-hybridized carbons (Fsp3) is 0.143. The fourth-order valence-corrected chi connectivity index (χ4v) is 3.41. The molecule has 0 spiro atoms. The topological polar surface area (TPSA) is 35.2 Å². The Morgan fingerprint density at radius 3 is 2.74 bits per heavy atom. The summed E-state index contributed by atoms with van der Waals surface area (Å²) in [6, 6.07) is 11.5. The molecule has 2 N–H and O–H groups in total. The van der Waals surface area contributed by atoms with E-state index in [9.17, 15) is 0 Å². The molecule has 0 saturated carbocycles. The maximum atomic E-state index is 6.16. The number of ether oxygens (including phenoxy) is 1. The average Bonchev–Trinajstić information content (AvgIpc) is 2.39. The number of halogens is 2. The van der Waals surface area contributed by atoms with Crippen LogP contribution in [0.5, 0.6) is 5.75 Å². The largest absolute Gasteiger partial charge is 0.497 e. The van der Waals surface area contributed by atoms with E-state index in [0.717, 1.165) is 26.4 Å². The van der Waals surface area contributed by atoms with Gasteiger partial charge in [-0.05, 0) is 42.0 Å². The summed E-state index contributed by atoms with van der Waals surface area (Å²) in [5, 5.41) is 0.684. The smallest absolute Gasteiger partial charge is 0.119 e. The second kappa shape index (κ2) is 6.55. The van der Waals surface area contributed by atoms with Crippen LogP contribution in [0.2, 0.25) is 5.02 Å². The Labute approximate surface area is 130 Å². The molecule has 0 radical (unpaired) electrons. The van der Waals surface area contributed by atoms with Gasteiger partial charge in [0.1, 0.15) is 5.75 Å². The van der Waals surface area contributed by atoms with E-state index in [2.05, 4.69) is 15.9 Å². The van der Waals surface area contributed by atoms with Crippen LogP contribution in [0.25, 0.3) is 0 Å². The van der Waals surface area contributed by atoms with Gasteiger partial charge in [0.05, 0.1) is 12.1 Å². The molecule has 0 aromatic heterocycles. The summed E-state index contributed by atoms with van der Waals surface area (Å²) in [4.78, 5) is 1.02. The molecule has 0 fully saturated rings. The molecule has 5 heteroatoms. The lowest BCUT2D eigenvalue weighted by Gasteiger charge is -2.08. The molecule has 2 aromatic rings. The molecule has 0 aliphatic carbocycles. The molecule has 100 valence electrons. The molecular formula is C14H13BrClNOS. The average molecular weight is 359 g/mol. The highest BCUT2D eigenvalue weighted by Crippen LogP contribution is 2.33. The standard InChI is InChI=1S/C14H13BrClNOS/c1-18-11-3-4-12(15)9(6-11)8-19-14-5-2-10(17)7-13(14)16/h2-7H,8,17H2,1H3. The van der Waals surface area contributed by atoms with Crippen LogP contribution in [0.4, 0.5) is 5.69 Å². The fourth-order valence-electron chi connectivity index (χ4n) is 1.58. The number of anilines is 1. The Kier molecular flexibility index (Phi) is 5.02. The van der Waals surface area contributed by atoms with Gasteiger partial charge < -0.3 is 10.5 Å². The SMILES string of the molecule is COc1ccc(Br)c(CSc2ccc(N)cc2Cl)c1. The first-order chi connectivity index (χ1) is 9.10. The van der Waals surface area contributed by atoms with E-state index in [-0.39, 0.29) is 0 Å². The third-order valence-corrected chi connectivity index (χ3v) is 4.91. The van der Waals surface area contributed by atoms with E-state index < -0.39 is 0 Å². The van der Waals surface area contributed by atoms with Crippen molar-refractivity contribution >= 4 is 45.0 Å². The Morgan fingerprint density at radius 2 is 2.05 bits per heavy atom. The number of thioether (sulfide) groups is 1. The van der Waals surface area contributed by atoms with Crippen molar-refractivity contribution in [1.82, 2.24) is 0 Å². The first-order valence-electron chi connectivity index (χ1n) is 5.60. The van der Waals surface area contributed by atoms with Crippen molar-refractivity contribution in [2.75, 3.05) is 12.8 Å². The Bertz CT molecular complexity index is 592. The van der Waals surface area contributed by atoms with Crippen molar-refractivity contribution < 1.29 is 4.74 Å². The lowest BCUT2D eigenvalue weighted by Crippen LogP contribution is -1.89. The van der Waals surface area contributed by atoms with Crippen LogP contribution in [0.15, 0.2) is 45.8 Å². The van der Waals surface area contributed by atoms with Crippen molar-refractivity contribution in [3.63, 3.8) is 0 Å². The summed E-state index contributed by atoms with van der Waals surface area (Å²) in [7, 11) is 1.66. The number of hydrogen-bond donors (Lipinski definition) is 1. The van der Waals surface area contributed by atoms with Gasteiger partial charge in [0.2, 0.25) is 0 Å². The lowest BCUT2D eigenvalue weighted by atomic mass is 10.2. The predicted molar refractivity (Wildman–Crippen MR) is 86.1 cm³/mol. The quantitative estimate of drug-likeness (QED) is 0.618. The molecule has 0 aliphatic heterocycles. The van der Waals surface area contributed by atoms with Gasteiger partial charge in [-0.15, -0.1) is 11.8 Å². The molecule has 0 saturated heterocycles. The second-order valence-corrected chi connectivity index (χ2v) is 6.21. The molecule has 2 aromatic carbocycles. The molecule has 0 atom stereocenters. The van der Waals surface area contributed by atoms with Crippen molar-refractivity contribution in [3.8, 4) is 5.75 Å². The molecule has 2 nitrogen and oxygen atoms in total. The minimum atomic E-state index is 0.678. The highest BCUT2D eigenvalue weighted by atomic mass is 79.9. The third-order valence-electron chi connectivity index (χ3n) is 2.59. The van der Waals surface area contributed by atoms with Crippen LogP contribution >= 0.6 is 39.3 Å². The number of hydrogen-bond acceptors (Lipinski definition) is 3. The first-order valence-corrected chi connectivity index (χ1v) is 7.76. The van der Waals surface area contributed by atoms with Gasteiger partial charge in [-0.1, -0.05) is 27.5 Å². The van der Waals surface area contributed by atoms with E-state index >= 15 is 0 Å². The minimum Gasteiger partial charge on any atom is -0.497 e. The van der Waals surface area contributed by atoms with Crippen LogP contribution in [0.3, 0.4) is 0 Å². The third kappa shape index (κ3) is 3.81. The van der Waals surface area contributed by atoms with Crippen LogP contribution in [-0.2, 0) is 5.75 Å². The molecular weight excluding hydrogens is 346 g/mol. The number of rotatable bonds is 4. The molecule has 0 amide bonds. The molecule has 0 heterocycles. The van der Waals surface area contributed by atoms with Crippen LogP contribution in [0, 0.1) is 0 Å². The van der Waals surface area contributed by atoms with Gasteiger partial charge >= 0.3 is 0 Å². The number of nitrogens with two attached hydrogens (primary N) is 1. The highest BCUT2D eigenvalue weighted by Gasteiger charge is 2.06. The highest BCUT2D eigenvalue weighted by molar-refractivity contribution is 9.10. The van der Waals surface area contributed by atoms with Gasteiger partial charge in [-0.3, -0.25) is 0 Å². The maximum absolute atomic E-state index is 6.16. The second-order valence-electron chi connectivity index (χ2n) is 3.94. The molecule has 0 aliphatic rings. The zero-order chi connectivity index (χ0) is 13.8. The van der Waals surface area contributed by atoms with Crippen molar-refractivity contribution in [2.45, 2.75) is 10.6 Å². The van der Waals surface area contributed by atoms with Crippen LogP contribution in [-0.4, -0.2) is 7.11 Å². The Balaban J connectivity index is 2.14. The molecule has 19 heavy (non-hydrogen) atoms. The monoisotopic (exact) mass is 357 g/mol. The zero-order valence-electron chi connectivity index (χ0n) is 10.3.